The second-order valence-corrected chi connectivity index (χ2v) is 8.17. The van der Waals surface area contributed by atoms with Gasteiger partial charge in [0, 0.05) is 17.3 Å². The van der Waals surface area contributed by atoms with Crippen LogP contribution in [0.4, 0.5) is 4.39 Å². The minimum absolute atomic E-state index is 0.0344. The topological polar surface area (TPSA) is 58.0 Å². The van der Waals surface area contributed by atoms with Crippen molar-refractivity contribution in [3.8, 4) is 0 Å². The molecule has 0 radical (unpaired) electrons. The lowest BCUT2D eigenvalue weighted by Crippen LogP contribution is -2.53. The first-order chi connectivity index (χ1) is 10.8. The van der Waals surface area contributed by atoms with Gasteiger partial charge in [0.2, 0.25) is 0 Å². The zero-order chi connectivity index (χ0) is 16.6. The molecule has 4 heteroatoms. The molecule has 4 aliphatic rings. The van der Waals surface area contributed by atoms with E-state index < -0.39 is 11.3 Å². The van der Waals surface area contributed by atoms with E-state index in [1.165, 1.54) is 6.08 Å². The van der Waals surface area contributed by atoms with Gasteiger partial charge in [-0.3, -0.25) is 9.59 Å². The number of carbonyl (C=O) groups is 2. The molecule has 0 spiro atoms. The van der Waals surface area contributed by atoms with Crippen molar-refractivity contribution >= 4 is 17.3 Å². The van der Waals surface area contributed by atoms with Gasteiger partial charge in [0.05, 0.1) is 11.6 Å². The van der Waals surface area contributed by atoms with Crippen molar-refractivity contribution in [2.24, 2.45) is 34.5 Å². The Morgan fingerprint density at radius 3 is 2.70 bits per heavy atom. The number of nitrogens with one attached hydrogen (secondary N) is 1. The van der Waals surface area contributed by atoms with Gasteiger partial charge in [-0.05, 0) is 49.2 Å². The number of fused-ring (bicyclic) bond motifs is 5. The van der Waals surface area contributed by atoms with Crippen molar-refractivity contribution in [2.75, 3.05) is 0 Å². The SMILES string of the molecule is C[C@]12C=CC(=O)C(=N)C1C(F)=C[C@@H]1[C@@H]2CC[C@]2(C)C(=O)CC[C@@H]12. The molecule has 0 bridgehead atoms. The quantitative estimate of drug-likeness (QED) is 0.742. The monoisotopic (exact) mass is 315 g/mol. The molecule has 0 amide bonds. The Morgan fingerprint density at radius 1 is 1.22 bits per heavy atom. The summed E-state index contributed by atoms with van der Waals surface area (Å²) in [6, 6.07) is 0. The first-order valence-corrected chi connectivity index (χ1v) is 8.51. The molecular formula is C19H22FNO2. The summed E-state index contributed by atoms with van der Waals surface area (Å²) in [4.78, 5) is 24.2. The minimum atomic E-state index is -0.747. The smallest absolute Gasteiger partial charge is 0.199 e. The van der Waals surface area contributed by atoms with Crippen molar-refractivity contribution < 1.29 is 14.0 Å². The number of allylic oxidation sites excluding steroid dienone is 4. The Bertz CT molecular complexity index is 693. The van der Waals surface area contributed by atoms with Crippen molar-refractivity contribution in [2.45, 2.75) is 39.5 Å². The maximum Gasteiger partial charge on any atom is 0.199 e. The Labute approximate surface area is 135 Å². The number of halogens is 1. The molecule has 4 rings (SSSR count). The molecule has 0 heterocycles. The normalized spacial score (nSPS) is 48.7. The standard InChI is InChI=1S/C19H22FNO2/c1-18-7-5-12-10(11(18)3-4-15(18)23)9-13(20)16-17(21)14(22)6-8-19(12,16)2/h6,8-12,16,21H,3-5,7H2,1-2H3/t10-,11-,12-,16?,18-,19+/m0/s1. The molecule has 6 atom stereocenters. The van der Waals surface area contributed by atoms with E-state index in [9.17, 15) is 14.0 Å². The maximum absolute atomic E-state index is 14.9. The van der Waals surface area contributed by atoms with Gasteiger partial charge < -0.3 is 5.41 Å². The highest BCUT2D eigenvalue weighted by Gasteiger charge is 2.60. The Morgan fingerprint density at radius 2 is 1.96 bits per heavy atom. The molecule has 0 aliphatic heterocycles. The van der Waals surface area contributed by atoms with E-state index in [0.717, 1.165) is 19.3 Å². The van der Waals surface area contributed by atoms with Crippen LogP contribution in [-0.2, 0) is 9.59 Å². The predicted molar refractivity (Wildman–Crippen MR) is 84.7 cm³/mol. The van der Waals surface area contributed by atoms with Crippen LogP contribution >= 0.6 is 0 Å². The van der Waals surface area contributed by atoms with Gasteiger partial charge >= 0.3 is 0 Å². The van der Waals surface area contributed by atoms with E-state index in [4.69, 9.17) is 5.41 Å². The fourth-order valence-electron chi connectivity index (χ4n) is 5.87. The van der Waals surface area contributed by atoms with Crippen molar-refractivity contribution in [3.63, 3.8) is 0 Å². The fraction of sp³-hybridized carbons (Fsp3) is 0.632. The van der Waals surface area contributed by atoms with Crippen LogP contribution in [-0.4, -0.2) is 17.3 Å². The molecular weight excluding hydrogens is 293 g/mol. The summed E-state index contributed by atoms with van der Waals surface area (Å²) in [6.45, 7) is 4.03. The summed E-state index contributed by atoms with van der Waals surface area (Å²) in [6.07, 6.45) is 8.06. The highest BCUT2D eigenvalue weighted by atomic mass is 19.1. The van der Waals surface area contributed by atoms with Gasteiger partial charge in [0.1, 0.15) is 11.6 Å². The van der Waals surface area contributed by atoms with E-state index in [2.05, 4.69) is 0 Å². The van der Waals surface area contributed by atoms with E-state index in [-0.39, 0.29) is 40.5 Å². The first kappa shape index (κ1) is 15.0. The fourth-order valence-corrected chi connectivity index (χ4v) is 5.87. The summed E-state index contributed by atoms with van der Waals surface area (Å²) in [7, 11) is 0. The lowest BCUT2D eigenvalue weighted by atomic mass is 9.48. The van der Waals surface area contributed by atoms with Crippen LogP contribution in [0.1, 0.15) is 39.5 Å². The molecule has 122 valence electrons. The van der Waals surface area contributed by atoms with Crippen LogP contribution in [0.15, 0.2) is 24.1 Å². The Hall–Kier alpha value is -1.58. The highest BCUT2D eigenvalue weighted by molar-refractivity contribution is 6.45. The number of carbonyl (C=O) groups excluding carboxylic acids is 2. The van der Waals surface area contributed by atoms with E-state index in [0.29, 0.717) is 12.2 Å². The van der Waals surface area contributed by atoms with Crippen LogP contribution in [0.3, 0.4) is 0 Å². The number of hydrogen-bond acceptors (Lipinski definition) is 3. The summed E-state index contributed by atoms with van der Waals surface area (Å²) >= 11 is 0. The van der Waals surface area contributed by atoms with E-state index >= 15 is 0 Å². The molecule has 2 fully saturated rings. The molecule has 1 N–H and O–H groups in total. The lowest BCUT2D eigenvalue weighted by molar-refractivity contribution is -0.130. The highest BCUT2D eigenvalue weighted by Crippen LogP contribution is 2.63. The third-order valence-corrected chi connectivity index (χ3v) is 7.24. The molecule has 4 aliphatic carbocycles. The van der Waals surface area contributed by atoms with Crippen LogP contribution < -0.4 is 0 Å². The second kappa shape index (κ2) is 4.49. The molecule has 0 saturated heterocycles. The number of rotatable bonds is 0. The minimum Gasteiger partial charge on any atom is -0.300 e. The lowest BCUT2D eigenvalue weighted by Gasteiger charge is -2.55. The van der Waals surface area contributed by atoms with Crippen molar-refractivity contribution in [1.82, 2.24) is 0 Å². The average molecular weight is 315 g/mol. The summed E-state index contributed by atoms with van der Waals surface area (Å²) in [5.41, 5.74) is -0.970. The number of Topliss-reactive ketones (excluding diaryl/α,β-unsaturated/α-hetero) is 1. The zero-order valence-corrected chi connectivity index (χ0v) is 13.6. The molecule has 2 saturated carbocycles. The Kier molecular flexibility index (Phi) is 2.92. The second-order valence-electron chi connectivity index (χ2n) is 8.17. The van der Waals surface area contributed by atoms with Gasteiger partial charge in [-0.1, -0.05) is 19.9 Å². The summed E-state index contributed by atoms with van der Waals surface area (Å²) in [5, 5.41) is 8.06. The zero-order valence-electron chi connectivity index (χ0n) is 13.6. The van der Waals surface area contributed by atoms with Gasteiger partial charge in [-0.25, -0.2) is 4.39 Å². The number of ketones is 2. The number of hydrogen-bond donors (Lipinski definition) is 1. The average Bonchev–Trinajstić information content (AvgIpc) is 2.79. The maximum atomic E-state index is 14.9. The van der Waals surface area contributed by atoms with Crippen LogP contribution in [0.5, 0.6) is 0 Å². The van der Waals surface area contributed by atoms with Crippen molar-refractivity contribution in [3.05, 3.63) is 24.1 Å². The molecule has 1 unspecified atom stereocenters. The van der Waals surface area contributed by atoms with E-state index in [1.54, 1.807) is 6.08 Å². The largest absolute Gasteiger partial charge is 0.300 e. The molecule has 3 nitrogen and oxygen atoms in total. The third-order valence-electron chi connectivity index (χ3n) is 7.24. The van der Waals surface area contributed by atoms with Gasteiger partial charge in [-0.2, -0.15) is 0 Å². The first-order valence-electron chi connectivity index (χ1n) is 8.51. The molecule has 0 aromatic heterocycles. The molecule has 0 aromatic rings. The summed E-state index contributed by atoms with van der Waals surface area (Å²) in [5.74, 6) is -0.733. The summed E-state index contributed by atoms with van der Waals surface area (Å²) < 4.78 is 14.9. The van der Waals surface area contributed by atoms with Gasteiger partial charge in [-0.15, -0.1) is 0 Å². The Balaban J connectivity index is 1.83. The van der Waals surface area contributed by atoms with Gasteiger partial charge in [0.15, 0.2) is 5.78 Å². The van der Waals surface area contributed by atoms with Crippen LogP contribution in [0.25, 0.3) is 0 Å². The third kappa shape index (κ3) is 1.72. The van der Waals surface area contributed by atoms with Gasteiger partial charge in [0.25, 0.3) is 0 Å². The predicted octanol–water partition coefficient (Wildman–Crippen LogP) is 3.65. The van der Waals surface area contributed by atoms with Crippen molar-refractivity contribution in [1.29, 1.82) is 5.41 Å². The van der Waals surface area contributed by atoms with E-state index in [1.807, 2.05) is 19.9 Å². The molecule has 0 aromatic carbocycles. The molecule has 23 heavy (non-hydrogen) atoms. The van der Waals surface area contributed by atoms with Crippen LogP contribution in [0.2, 0.25) is 0 Å². The van der Waals surface area contributed by atoms with Crippen LogP contribution in [0, 0.1) is 39.9 Å².